The first-order valence-electron chi connectivity index (χ1n) is 17.3. The molecule has 6 aromatic rings. The van der Waals surface area contributed by atoms with Crippen LogP contribution in [0.5, 0.6) is 0 Å². The van der Waals surface area contributed by atoms with Gasteiger partial charge in [-0.15, -0.1) is 0 Å². The highest BCUT2D eigenvalue weighted by Crippen LogP contribution is 2.40. The maximum atomic E-state index is 2.63. The lowest BCUT2D eigenvalue weighted by Crippen LogP contribution is -2.38. The van der Waals surface area contributed by atoms with Crippen LogP contribution < -0.4 is 9.13 Å². The van der Waals surface area contributed by atoms with Crippen LogP contribution >= 0.6 is 0 Å². The Labute approximate surface area is 275 Å². The van der Waals surface area contributed by atoms with Crippen molar-refractivity contribution < 1.29 is 9.13 Å². The molecule has 46 heavy (non-hydrogen) atoms. The van der Waals surface area contributed by atoms with Crippen molar-refractivity contribution in [3.8, 4) is 22.5 Å². The van der Waals surface area contributed by atoms with E-state index in [0.717, 1.165) is 13.0 Å². The molecular weight excluding hydrogens is 556 g/mol. The smallest absolute Gasteiger partial charge is 0.200 e. The molecule has 1 aliphatic carbocycles. The minimum atomic E-state index is 0.418. The Morgan fingerprint density at radius 3 is 2.24 bits per heavy atom. The average molecular weight is 605 g/mol. The van der Waals surface area contributed by atoms with Crippen molar-refractivity contribution in [1.29, 1.82) is 0 Å². The molecule has 2 heteroatoms. The third-order valence-electron chi connectivity index (χ3n) is 10.9. The van der Waals surface area contributed by atoms with Crippen LogP contribution in [0, 0.1) is 27.7 Å². The van der Waals surface area contributed by atoms with Gasteiger partial charge in [-0.3, -0.25) is 0 Å². The molecule has 0 aliphatic heterocycles. The fourth-order valence-corrected chi connectivity index (χ4v) is 8.08. The van der Waals surface area contributed by atoms with E-state index in [4.69, 9.17) is 0 Å². The summed E-state index contributed by atoms with van der Waals surface area (Å²) in [6, 6.07) is 32.1. The molecule has 2 aromatic heterocycles. The number of fused-ring (bicyclic) bond motifs is 2. The van der Waals surface area contributed by atoms with Crippen molar-refractivity contribution in [2.24, 2.45) is 7.05 Å². The topological polar surface area (TPSA) is 7.76 Å². The van der Waals surface area contributed by atoms with Gasteiger partial charge >= 0.3 is 0 Å². The molecule has 1 atom stereocenters. The molecule has 1 fully saturated rings. The van der Waals surface area contributed by atoms with Gasteiger partial charge in [0, 0.05) is 23.6 Å². The standard InChI is InChI=1S/C44H48N2/c1-29-25-32(4)33(5)40(26-29)44-39-18-12-11-17-38(39)42(34-14-8-9-15-34)28-46(44)24-21-30(2)36-20-19-35-22-23-45(6)43(41(35)27-36)37-16-10-7-13-31(37)3/h7,10-13,16-20,22-23,25-28,30,34H,8-9,14-15,21,24H2,1-6H3/q+2. The van der Waals surface area contributed by atoms with Crippen LogP contribution in [0.15, 0.2) is 97.3 Å². The summed E-state index contributed by atoms with van der Waals surface area (Å²) in [6.07, 6.45) is 11.1. The third kappa shape index (κ3) is 5.53. The molecule has 0 N–H and O–H groups in total. The van der Waals surface area contributed by atoms with Crippen LogP contribution in [0.2, 0.25) is 0 Å². The molecule has 0 bridgehead atoms. The first-order chi connectivity index (χ1) is 22.3. The summed E-state index contributed by atoms with van der Waals surface area (Å²) < 4.78 is 4.92. The fraction of sp³-hybridized carbons (Fsp3) is 0.318. The predicted molar refractivity (Wildman–Crippen MR) is 193 cm³/mol. The van der Waals surface area contributed by atoms with Crippen molar-refractivity contribution >= 4 is 21.5 Å². The van der Waals surface area contributed by atoms with Crippen molar-refractivity contribution in [2.75, 3.05) is 0 Å². The zero-order valence-corrected chi connectivity index (χ0v) is 28.5. The van der Waals surface area contributed by atoms with Crippen molar-refractivity contribution in [2.45, 2.75) is 85.1 Å². The molecule has 0 amide bonds. The van der Waals surface area contributed by atoms with Gasteiger partial charge < -0.3 is 0 Å². The molecule has 1 saturated carbocycles. The van der Waals surface area contributed by atoms with Crippen LogP contribution in [0.25, 0.3) is 44.1 Å². The largest absolute Gasteiger partial charge is 0.220 e. The molecule has 4 aromatic carbocycles. The van der Waals surface area contributed by atoms with Gasteiger partial charge in [-0.1, -0.05) is 79.9 Å². The number of benzene rings is 4. The monoisotopic (exact) mass is 604 g/mol. The second kappa shape index (κ2) is 12.5. The molecule has 7 rings (SSSR count). The molecule has 2 heterocycles. The van der Waals surface area contributed by atoms with Gasteiger partial charge in [0.1, 0.15) is 13.6 Å². The second-order valence-electron chi connectivity index (χ2n) is 14.0. The highest BCUT2D eigenvalue weighted by atomic mass is 15.0. The lowest BCUT2D eigenvalue weighted by atomic mass is 9.89. The summed E-state index contributed by atoms with van der Waals surface area (Å²) in [4.78, 5) is 0. The average Bonchev–Trinajstić information content (AvgIpc) is 3.60. The normalized spacial score (nSPS) is 14.4. The van der Waals surface area contributed by atoms with Gasteiger partial charge in [0.2, 0.25) is 11.4 Å². The SMILES string of the molecule is Cc1cc(C)c(C)c(-c2c3ccccc3c(C3CCCC3)c[n+]2CCC(C)c2ccc3cc[n+](C)c(-c4ccccc4C)c3c2)c1. The summed E-state index contributed by atoms with van der Waals surface area (Å²) in [5, 5.41) is 5.47. The number of aryl methyl sites for hydroxylation is 5. The van der Waals surface area contributed by atoms with Gasteiger partial charge in [-0.05, 0) is 110 Å². The van der Waals surface area contributed by atoms with Crippen LogP contribution in [0.4, 0.5) is 0 Å². The molecule has 0 radical (unpaired) electrons. The minimum Gasteiger partial charge on any atom is -0.200 e. The molecule has 0 spiro atoms. The van der Waals surface area contributed by atoms with E-state index in [1.165, 1.54) is 97.6 Å². The quantitative estimate of drug-likeness (QED) is 0.160. The molecule has 232 valence electrons. The number of hydrogen-bond acceptors (Lipinski definition) is 0. The third-order valence-corrected chi connectivity index (χ3v) is 10.9. The van der Waals surface area contributed by atoms with E-state index in [-0.39, 0.29) is 0 Å². The summed E-state index contributed by atoms with van der Waals surface area (Å²) in [7, 11) is 2.17. The van der Waals surface area contributed by atoms with Gasteiger partial charge in [0.25, 0.3) is 0 Å². The summed E-state index contributed by atoms with van der Waals surface area (Å²) in [6.45, 7) is 12.4. The van der Waals surface area contributed by atoms with Gasteiger partial charge in [-0.25, -0.2) is 4.57 Å². The number of nitrogens with zero attached hydrogens (tertiary/aromatic N) is 2. The van der Waals surface area contributed by atoms with Crippen molar-refractivity contribution in [1.82, 2.24) is 0 Å². The first-order valence-corrected chi connectivity index (χ1v) is 17.3. The molecule has 0 saturated heterocycles. The van der Waals surface area contributed by atoms with E-state index in [9.17, 15) is 0 Å². The van der Waals surface area contributed by atoms with E-state index in [1.54, 1.807) is 5.56 Å². The van der Waals surface area contributed by atoms with Gasteiger partial charge in [-0.2, -0.15) is 4.57 Å². The van der Waals surface area contributed by atoms with Crippen LogP contribution in [0.3, 0.4) is 0 Å². The lowest BCUT2D eigenvalue weighted by molar-refractivity contribution is -0.686. The second-order valence-corrected chi connectivity index (χ2v) is 14.0. The predicted octanol–water partition coefficient (Wildman–Crippen LogP) is 10.5. The lowest BCUT2D eigenvalue weighted by Gasteiger charge is -2.19. The summed E-state index contributed by atoms with van der Waals surface area (Å²) in [5.41, 5.74) is 13.7. The highest BCUT2D eigenvalue weighted by Gasteiger charge is 2.28. The van der Waals surface area contributed by atoms with E-state index in [1.807, 2.05) is 0 Å². The Hall–Kier alpha value is -4.30. The molecular formula is C44H48N2+2. The van der Waals surface area contributed by atoms with Gasteiger partial charge in [0.05, 0.1) is 16.3 Å². The highest BCUT2D eigenvalue weighted by molar-refractivity contribution is 5.96. The Morgan fingerprint density at radius 1 is 0.717 bits per heavy atom. The number of rotatable bonds is 7. The van der Waals surface area contributed by atoms with Crippen molar-refractivity contribution in [3.63, 3.8) is 0 Å². The maximum absolute atomic E-state index is 2.63. The number of hydrogen-bond donors (Lipinski definition) is 0. The number of pyridine rings is 2. The Bertz CT molecular complexity index is 2080. The summed E-state index contributed by atoms with van der Waals surface area (Å²) >= 11 is 0. The molecule has 1 unspecified atom stereocenters. The van der Waals surface area contributed by atoms with E-state index < -0.39 is 0 Å². The number of aromatic nitrogens is 2. The van der Waals surface area contributed by atoms with Gasteiger partial charge in [0.15, 0.2) is 12.4 Å². The first kappa shape index (κ1) is 30.4. The summed E-state index contributed by atoms with van der Waals surface area (Å²) in [5.74, 6) is 1.07. The Kier molecular flexibility index (Phi) is 8.24. The van der Waals surface area contributed by atoms with E-state index >= 15 is 0 Å². The van der Waals surface area contributed by atoms with Crippen LogP contribution in [0.1, 0.15) is 84.2 Å². The minimum absolute atomic E-state index is 0.418. The van der Waals surface area contributed by atoms with Crippen LogP contribution in [-0.4, -0.2) is 0 Å². The molecule has 1 aliphatic rings. The zero-order valence-electron chi connectivity index (χ0n) is 28.5. The fourth-order valence-electron chi connectivity index (χ4n) is 8.08. The van der Waals surface area contributed by atoms with E-state index in [0.29, 0.717) is 11.8 Å². The van der Waals surface area contributed by atoms with Crippen molar-refractivity contribution in [3.05, 3.63) is 131 Å². The van der Waals surface area contributed by atoms with Crippen LogP contribution in [-0.2, 0) is 13.6 Å². The van der Waals surface area contributed by atoms with E-state index in [2.05, 4.69) is 148 Å². The maximum Gasteiger partial charge on any atom is 0.220 e. The Balaban J connectivity index is 1.32. The molecule has 2 nitrogen and oxygen atoms in total. The Morgan fingerprint density at radius 2 is 1.46 bits per heavy atom. The zero-order chi connectivity index (χ0) is 31.9.